The SMILES string of the molecule is CCN1CC=C2C(C#N)C(=N)C(C#N)(C#N)[C@H](c3ccccc3OC)[C@H]2C1. The van der Waals surface area contributed by atoms with E-state index in [4.69, 9.17) is 10.1 Å². The molecule has 1 aromatic rings. The summed E-state index contributed by atoms with van der Waals surface area (Å²) in [5.74, 6) is -1.01. The van der Waals surface area contributed by atoms with Gasteiger partial charge < -0.3 is 10.1 Å². The standard InChI is InChI=1S/C21H21N5O/c1-3-26-9-8-14-16(10-22)20(25)21(12-23,13-24)19(17(14)11-26)15-6-4-5-7-18(15)27-2/h4-8,16-17,19,25H,3,9,11H2,1-2H3/t16?,17-,19+/m0/s1. The van der Waals surface area contributed by atoms with Crippen LogP contribution < -0.4 is 4.74 Å². The summed E-state index contributed by atoms with van der Waals surface area (Å²) in [7, 11) is 1.56. The highest BCUT2D eigenvalue weighted by Crippen LogP contribution is 2.54. The predicted octanol–water partition coefficient (Wildman–Crippen LogP) is 2.86. The fourth-order valence-corrected chi connectivity index (χ4v) is 4.39. The Kier molecular flexibility index (Phi) is 5.00. The van der Waals surface area contributed by atoms with Gasteiger partial charge >= 0.3 is 0 Å². The summed E-state index contributed by atoms with van der Waals surface area (Å²) in [6.45, 7) is 4.24. The van der Waals surface area contributed by atoms with E-state index in [1.165, 1.54) is 0 Å². The molecule has 136 valence electrons. The first-order valence-corrected chi connectivity index (χ1v) is 8.94. The largest absolute Gasteiger partial charge is 0.496 e. The summed E-state index contributed by atoms with van der Waals surface area (Å²) in [5, 5.41) is 38.4. The normalized spacial score (nSPS) is 26.7. The fraction of sp³-hybridized carbons (Fsp3) is 0.429. The van der Waals surface area contributed by atoms with E-state index in [9.17, 15) is 15.8 Å². The van der Waals surface area contributed by atoms with Gasteiger partial charge in [0.1, 0.15) is 11.7 Å². The number of benzene rings is 1. The molecular formula is C21H21N5O. The molecule has 1 fully saturated rings. The van der Waals surface area contributed by atoms with Crippen LogP contribution in [0.15, 0.2) is 35.9 Å². The van der Waals surface area contributed by atoms with Crippen molar-refractivity contribution in [3.8, 4) is 24.0 Å². The van der Waals surface area contributed by atoms with E-state index in [1.54, 1.807) is 13.2 Å². The maximum absolute atomic E-state index is 10.0. The molecule has 6 heteroatoms. The van der Waals surface area contributed by atoms with Gasteiger partial charge in [-0.25, -0.2) is 0 Å². The van der Waals surface area contributed by atoms with Crippen LogP contribution in [-0.2, 0) is 0 Å². The summed E-state index contributed by atoms with van der Waals surface area (Å²) in [4.78, 5) is 2.22. The van der Waals surface area contributed by atoms with E-state index in [2.05, 4.69) is 30.0 Å². The Balaban J connectivity index is 2.29. The van der Waals surface area contributed by atoms with Gasteiger partial charge in [-0.1, -0.05) is 31.2 Å². The molecule has 1 unspecified atom stereocenters. The van der Waals surface area contributed by atoms with Crippen LogP contribution in [0, 0.1) is 56.7 Å². The molecule has 0 amide bonds. The monoisotopic (exact) mass is 359 g/mol. The van der Waals surface area contributed by atoms with Crippen LogP contribution in [0.25, 0.3) is 0 Å². The molecule has 1 heterocycles. The van der Waals surface area contributed by atoms with Gasteiger partial charge in [0.2, 0.25) is 0 Å². The van der Waals surface area contributed by atoms with Crippen molar-refractivity contribution in [2.45, 2.75) is 12.8 Å². The maximum Gasteiger partial charge on any atom is 0.189 e. The van der Waals surface area contributed by atoms with Crippen molar-refractivity contribution in [1.82, 2.24) is 4.90 Å². The van der Waals surface area contributed by atoms with Crippen molar-refractivity contribution < 1.29 is 4.74 Å². The molecule has 1 N–H and O–H groups in total. The average Bonchev–Trinajstić information content (AvgIpc) is 2.72. The second-order valence-electron chi connectivity index (χ2n) is 6.89. The average molecular weight is 359 g/mol. The van der Waals surface area contributed by atoms with Gasteiger partial charge in [-0.2, -0.15) is 15.8 Å². The molecule has 0 spiro atoms. The zero-order chi connectivity index (χ0) is 19.6. The van der Waals surface area contributed by atoms with Gasteiger partial charge in [0, 0.05) is 30.5 Å². The van der Waals surface area contributed by atoms with E-state index in [0.717, 1.165) is 17.7 Å². The Morgan fingerprint density at radius 2 is 1.96 bits per heavy atom. The van der Waals surface area contributed by atoms with Gasteiger partial charge in [0.15, 0.2) is 5.41 Å². The highest BCUT2D eigenvalue weighted by Gasteiger charge is 2.58. The van der Waals surface area contributed by atoms with Gasteiger partial charge in [0.05, 0.1) is 31.0 Å². The minimum Gasteiger partial charge on any atom is -0.496 e. The zero-order valence-electron chi connectivity index (χ0n) is 15.4. The van der Waals surface area contributed by atoms with Crippen LogP contribution in [0.3, 0.4) is 0 Å². The second kappa shape index (κ2) is 7.23. The minimum atomic E-state index is -1.70. The third-order valence-corrected chi connectivity index (χ3v) is 5.79. The van der Waals surface area contributed by atoms with Crippen LogP contribution in [-0.4, -0.2) is 37.4 Å². The topological polar surface area (TPSA) is 108 Å². The molecule has 3 atom stereocenters. The summed E-state index contributed by atoms with van der Waals surface area (Å²) in [6.07, 6.45) is 2.00. The fourth-order valence-electron chi connectivity index (χ4n) is 4.39. The quantitative estimate of drug-likeness (QED) is 0.835. The van der Waals surface area contributed by atoms with Crippen LogP contribution in [0.2, 0.25) is 0 Å². The first-order chi connectivity index (χ1) is 13.1. The van der Waals surface area contributed by atoms with E-state index < -0.39 is 17.3 Å². The van der Waals surface area contributed by atoms with Crippen molar-refractivity contribution in [3.63, 3.8) is 0 Å². The second-order valence-corrected chi connectivity index (χ2v) is 6.89. The van der Waals surface area contributed by atoms with Crippen molar-refractivity contribution >= 4 is 5.71 Å². The lowest BCUT2D eigenvalue weighted by Crippen LogP contribution is -2.52. The number of likely N-dealkylation sites (N-methyl/N-ethyl adjacent to an activating group) is 1. The molecule has 1 aliphatic heterocycles. The van der Waals surface area contributed by atoms with Crippen molar-refractivity contribution in [1.29, 1.82) is 21.2 Å². The molecule has 6 nitrogen and oxygen atoms in total. The van der Waals surface area contributed by atoms with E-state index >= 15 is 0 Å². The smallest absolute Gasteiger partial charge is 0.189 e. The molecule has 1 saturated carbocycles. The van der Waals surface area contributed by atoms with E-state index in [-0.39, 0.29) is 11.6 Å². The third kappa shape index (κ3) is 2.69. The number of nitrogens with zero attached hydrogens (tertiary/aromatic N) is 4. The van der Waals surface area contributed by atoms with Gasteiger partial charge in [0.25, 0.3) is 0 Å². The third-order valence-electron chi connectivity index (χ3n) is 5.79. The van der Waals surface area contributed by atoms with Crippen LogP contribution in [0.5, 0.6) is 5.75 Å². The number of fused-ring (bicyclic) bond motifs is 1. The highest BCUT2D eigenvalue weighted by molar-refractivity contribution is 6.01. The lowest BCUT2D eigenvalue weighted by atomic mass is 9.54. The summed E-state index contributed by atoms with van der Waals surface area (Å²) < 4.78 is 5.51. The Morgan fingerprint density at radius 3 is 2.56 bits per heavy atom. The first-order valence-electron chi connectivity index (χ1n) is 8.94. The predicted molar refractivity (Wildman–Crippen MR) is 99.9 cm³/mol. The Hall–Kier alpha value is -3.14. The molecule has 1 aliphatic carbocycles. The summed E-state index contributed by atoms with van der Waals surface area (Å²) >= 11 is 0. The van der Waals surface area contributed by atoms with E-state index in [0.29, 0.717) is 18.8 Å². The molecule has 0 aromatic heterocycles. The van der Waals surface area contributed by atoms with Crippen molar-refractivity contribution in [2.75, 3.05) is 26.7 Å². The lowest BCUT2D eigenvalue weighted by Gasteiger charge is -2.47. The van der Waals surface area contributed by atoms with Crippen molar-refractivity contribution in [3.05, 3.63) is 41.5 Å². The number of para-hydroxylation sites is 1. The van der Waals surface area contributed by atoms with Gasteiger partial charge in [-0.3, -0.25) is 4.90 Å². The van der Waals surface area contributed by atoms with Crippen LogP contribution >= 0.6 is 0 Å². The zero-order valence-corrected chi connectivity index (χ0v) is 15.4. The van der Waals surface area contributed by atoms with Crippen LogP contribution in [0.4, 0.5) is 0 Å². The lowest BCUT2D eigenvalue weighted by molar-refractivity contribution is 0.209. The van der Waals surface area contributed by atoms with Crippen LogP contribution in [0.1, 0.15) is 18.4 Å². The number of nitriles is 3. The molecule has 1 aromatic carbocycles. The van der Waals surface area contributed by atoms with Gasteiger partial charge in [-0.15, -0.1) is 0 Å². The van der Waals surface area contributed by atoms with E-state index in [1.807, 2.05) is 24.3 Å². The minimum absolute atomic E-state index is 0.127. The first kappa shape index (κ1) is 18.6. The number of nitrogens with one attached hydrogen (secondary N) is 1. The highest BCUT2D eigenvalue weighted by atomic mass is 16.5. The molecule has 0 saturated heterocycles. The van der Waals surface area contributed by atoms with Gasteiger partial charge in [-0.05, 0) is 18.2 Å². The molecule has 0 radical (unpaired) electrons. The summed E-state index contributed by atoms with van der Waals surface area (Å²) in [6, 6.07) is 13.7. The molecule has 2 aliphatic rings. The molecule has 27 heavy (non-hydrogen) atoms. The Labute approximate surface area is 159 Å². The molecular weight excluding hydrogens is 338 g/mol. The maximum atomic E-state index is 10.0. The molecule has 0 bridgehead atoms. The Morgan fingerprint density at radius 1 is 1.26 bits per heavy atom. The number of hydrogen-bond donors (Lipinski definition) is 1. The number of methoxy groups -OCH3 is 1. The number of ether oxygens (including phenoxy) is 1. The number of hydrogen-bond acceptors (Lipinski definition) is 6. The van der Waals surface area contributed by atoms with Crippen molar-refractivity contribution in [2.24, 2.45) is 17.3 Å². The Bertz CT molecular complexity index is 900. The summed E-state index contributed by atoms with van der Waals surface area (Å²) in [5.41, 5.74) is -0.242. The molecule has 3 rings (SSSR count). The number of rotatable bonds is 3.